The molecule has 1 amide bonds. The summed E-state index contributed by atoms with van der Waals surface area (Å²) in [6, 6.07) is 4.08. The number of ether oxygens (including phenoxy) is 1. The minimum Gasteiger partial charge on any atom is -0.377 e. The van der Waals surface area contributed by atoms with Gasteiger partial charge in [0.2, 0.25) is 0 Å². The lowest BCUT2D eigenvalue weighted by atomic mass is 9.93. The van der Waals surface area contributed by atoms with Crippen molar-refractivity contribution in [3.63, 3.8) is 0 Å². The zero-order valence-electron chi connectivity index (χ0n) is 14.8. The topological polar surface area (TPSA) is 67.6 Å². The molecule has 1 unspecified atom stereocenters. The first-order valence-corrected chi connectivity index (χ1v) is 9.63. The Morgan fingerprint density at radius 1 is 1.50 bits per heavy atom. The highest BCUT2D eigenvalue weighted by Crippen LogP contribution is 2.56. The van der Waals surface area contributed by atoms with Crippen molar-refractivity contribution in [2.75, 3.05) is 20.2 Å². The van der Waals surface area contributed by atoms with Crippen LogP contribution < -0.4 is 5.32 Å². The number of hydrogen-bond acceptors (Lipinski definition) is 6. The van der Waals surface area contributed by atoms with Gasteiger partial charge in [0, 0.05) is 25.8 Å². The van der Waals surface area contributed by atoms with Gasteiger partial charge in [-0.05, 0) is 60.2 Å². The highest BCUT2D eigenvalue weighted by atomic mass is 35.5. The van der Waals surface area contributed by atoms with Crippen LogP contribution in [-0.2, 0) is 17.9 Å². The van der Waals surface area contributed by atoms with E-state index < -0.39 is 0 Å². The van der Waals surface area contributed by atoms with Gasteiger partial charge in [0.15, 0.2) is 11.5 Å². The molecule has 2 aromatic rings. The van der Waals surface area contributed by atoms with Crippen molar-refractivity contribution < 1.29 is 14.1 Å². The van der Waals surface area contributed by atoms with Crippen molar-refractivity contribution in [3.8, 4) is 0 Å². The Hall–Kier alpha value is -1.41. The van der Waals surface area contributed by atoms with E-state index in [1.54, 1.807) is 24.5 Å². The molecule has 1 aliphatic heterocycles. The fourth-order valence-electron chi connectivity index (χ4n) is 3.90. The molecule has 26 heavy (non-hydrogen) atoms. The molecule has 2 aliphatic rings. The van der Waals surface area contributed by atoms with Crippen LogP contribution in [-0.4, -0.2) is 42.2 Å². The molecule has 8 heteroatoms. The summed E-state index contributed by atoms with van der Waals surface area (Å²) in [7, 11) is 1.60. The van der Waals surface area contributed by atoms with Crippen molar-refractivity contribution in [2.45, 2.75) is 38.5 Å². The second kappa shape index (κ2) is 8.08. The number of thiophene rings is 1. The van der Waals surface area contributed by atoms with Crippen molar-refractivity contribution in [3.05, 3.63) is 39.9 Å². The maximum absolute atomic E-state index is 13.1. The standard InChI is InChI=1S/C18H23N3O3S.ClH/c1-23-11-14-8-15(20-24-14)17(22)21(10-13-2-7-25-12-13)16-9-18(16)3-5-19-6-4-18;/h2,7-8,12,16,19H,3-6,9-11H2,1H3;1H. The number of nitrogens with one attached hydrogen (secondary N) is 1. The summed E-state index contributed by atoms with van der Waals surface area (Å²) in [5, 5.41) is 11.6. The average molecular weight is 398 g/mol. The molecule has 142 valence electrons. The van der Waals surface area contributed by atoms with Gasteiger partial charge in [0.05, 0.1) is 0 Å². The number of carbonyl (C=O) groups excluding carboxylic acids is 1. The smallest absolute Gasteiger partial charge is 0.276 e. The van der Waals surface area contributed by atoms with Crippen molar-refractivity contribution in [1.29, 1.82) is 0 Å². The first-order chi connectivity index (χ1) is 12.2. The number of hydrogen-bond donors (Lipinski definition) is 1. The summed E-state index contributed by atoms with van der Waals surface area (Å²) in [6.07, 6.45) is 3.37. The predicted octanol–water partition coefficient (Wildman–Crippen LogP) is 3.09. The van der Waals surface area contributed by atoms with Gasteiger partial charge in [-0.2, -0.15) is 11.3 Å². The number of amides is 1. The van der Waals surface area contributed by atoms with Crippen molar-refractivity contribution in [2.24, 2.45) is 5.41 Å². The number of carbonyl (C=O) groups is 1. The average Bonchev–Trinajstić information content (AvgIpc) is 3.04. The molecule has 1 N–H and O–H groups in total. The molecule has 4 rings (SSSR count). The molecule has 1 saturated carbocycles. The first-order valence-electron chi connectivity index (χ1n) is 8.69. The quantitative estimate of drug-likeness (QED) is 0.811. The van der Waals surface area contributed by atoms with Crippen LogP contribution >= 0.6 is 23.7 Å². The summed E-state index contributed by atoms with van der Waals surface area (Å²) >= 11 is 1.66. The van der Waals surface area contributed by atoms with Crippen LogP contribution in [0.3, 0.4) is 0 Å². The molecule has 3 heterocycles. The van der Waals surface area contributed by atoms with Gasteiger partial charge in [-0.3, -0.25) is 4.79 Å². The van der Waals surface area contributed by atoms with Gasteiger partial charge in [-0.1, -0.05) is 5.16 Å². The summed E-state index contributed by atoms with van der Waals surface area (Å²) in [5.41, 5.74) is 1.84. The first kappa shape index (κ1) is 19.4. The Morgan fingerprint density at radius 3 is 3.00 bits per heavy atom. The number of methoxy groups -OCH3 is 1. The lowest BCUT2D eigenvalue weighted by Gasteiger charge is -2.29. The maximum atomic E-state index is 13.1. The molecule has 6 nitrogen and oxygen atoms in total. The molecular weight excluding hydrogens is 374 g/mol. The number of nitrogens with zero attached hydrogens (tertiary/aromatic N) is 2. The molecule has 1 spiro atoms. The molecule has 1 saturated heterocycles. The second-order valence-electron chi connectivity index (χ2n) is 7.01. The third kappa shape index (κ3) is 3.81. The number of rotatable bonds is 6. The minimum atomic E-state index is -0.0438. The highest BCUT2D eigenvalue weighted by Gasteiger charge is 2.58. The van der Waals surface area contributed by atoms with Gasteiger partial charge in [-0.15, -0.1) is 12.4 Å². The summed E-state index contributed by atoms with van der Waals surface area (Å²) < 4.78 is 10.3. The minimum absolute atomic E-state index is 0. The van der Waals surface area contributed by atoms with Crippen molar-refractivity contribution >= 4 is 29.7 Å². The molecular formula is C18H24ClN3O3S. The van der Waals surface area contributed by atoms with E-state index in [4.69, 9.17) is 9.26 Å². The van der Waals surface area contributed by atoms with Crippen LogP contribution in [0, 0.1) is 5.41 Å². The van der Waals surface area contributed by atoms with Crippen LogP contribution in [0.2, 0.25) is 0 Å². The zero-order valence-corrected chi connectivity index (χ0v) is 16.4. The van der Waals surface area contributed by atoms with E-state index in [2.05, 4.69) is 27.3 Å². The predicted molar refractivity (Wildman–Crippen MR) is 102 cm³/mol. The van der Waals surface area contributed by atoms with Crippen LogP contribution in [0.15, 0.2) is 27.4 Å². The SMILES string of the molecule is COCc1cc(C(=O)N(Cc2ccsc2)C2CC23CCNCC3)no1.Cl. The lowest BCUT2D eigenvalue weighted by molar-refractivity contribution is 0.0681. The molecule has 0 radical (unpaired) electrons. The Morgan fingerprint density at radius 2 is 2.31 bits per heavy atom. The molecule has 0 aromatic carbocycles. The van der Waals surface area contributed by atoms with Gasteiger partial charge in [0.1, 0.15) is 6.61 Å². The van der Waals surface area contributed by atoms with Gasteiger partial charge in [0.25, 0.3) is 5.91 Å². The van der Waals surface area contributed by atoms with Crippen LogP contribution in [0.1, 0.15) is 41.1 Å². The van der Waals surface area contributed by atoms with E-state index in [0.717, 1.165) is 32.4 Å². The van der Waals surface area contributed by atoms with Crippen LogP contribution in [0.4, 0.5) is 0 Å². The van der Waals surface area contributed by atoms with E-state index in [0.29, 0.717) is 30.6 Å². The fourth-order valence-corrected chi connectivity index (χ4v) is 4.56. The molecule has 2 fully saturated rings. The maximum Gasteiger partial charge on any atom is 0.276 e. The Bertz CT molecular complexity index is 728. The molecule has 1 atom stereocenters. The number of halogens is 1. The summed E-state index contributed by atoms with van der Waals surface area (Å²) in [5.74, 6) is 0.534. The van der Waals surface area contributed by atoms with Gasteiger partial charge >= 0.3 is 0 Å². The molecule has 0 bridgehead atoms. The van der Waals surface area contributed by atoms with Crippen LogP contribution in [0.5, 0.6) is 0 Å². The Balaban J connectivity index is 0.00000196. The largest absolute Gasteiger partial charge is 0.377 e. The van der Waals surface area contributed by atoms with E-state index in [1.807, 2.05) is 4.90 Å². The monoisotopic (exact) mass is 397 g/mol. The second-order valence-corrected chi connectivity index (χ2v) is 7.79. The Kier molecular flexibility index (Phi) is 6.02. The molecule has 1 aliphatic carbocycles. The number of piperidine rings is 1. The van der Waals surface area contributed by atoms with E-state index in [9.17, 15) is 4.79 Å². The van der Waals surface area contributed by atoms with Gasteiger partial charge in [-0.25, -0.2) is 0 Å². The summed E-state index contributed by atoms with van der Waals surface area (Å²) in [4.78, 5) is 15.1. The zero-order chi connectivity index (χ0) is 17.3. The summed E-state index contributed by atoms with van der Waals surface area (Å²) in [6.45, 7) is 3.04. The number of aromatic nitrogens is 1. The fraction of sp³-hybridized carbons (Fsp3) is 0.556. The Labute approximate surface area is 163 Å². The van der Waals surface area contributed by atoms with E-state index in [1.165, 1.54) is 5.56 Å². The van der Waals surface area contributed by atoms with E-state index in [-0.39, 0.29) is 23.7 Å². The lowest BCUT2D eigenvalue weighted by Crippen LogP contribution is -2.39. The van der Waals surface area contributed by atoms with Gasteiger partial charge < -0.3 is 19.5 Å². The van der Waals surface area contributed by atoms with E-state index >= 15 is 0 Å². The third-order valence-corrected chi connectivity index (χ3v) is 6.11. The normalized spacial score (nSPS) is 20.6. The van der Waals surface area contributed by atoms with Crippen LogP contribution in [0.25, 0.3) is 0 Å². The highest BCUT2D eigenvalue weighted by molar-refractivity contribution is 7.07. The van der Waals surface area contributed by atoms with Crippen molar-refractivity contribution in [1.82, 2.24) is 15.4 Å². The third-order valence-electron chi connectivity index (χ3n) is 5.38. The molecule has 2 aromatic heterocycles.